The minimum Gasteiger partial charge on any atom is -0.378 e. The number of carbonyl (C=O) groups is 1. The van der Waals surface area contributed by atoms with Gasteiger partial charge >= 0.3 is 0 Å². The van der Waals surface area contributed by atoms with Crippen LogP contribution in [-0.2, 0) is 22.5 Å². The Labute approximate surface area is 158 Å². The van der Waals surface area contributed by atoms with Crippen LogP contribution in [0.2, 0.25) is 0 Å². The van der Waals surface area contributed by atoms with E-state index < -0.39 is 0 Å². The summed E-state index contributed by atoms with van der Waals surface area (Å²) in [6.45, 7) is 5.45. The normalized spacial score (nSPS) is 14.5. The molecule has 1 aromatic carbocycles. The highest BCUT2D eigenvalue weighted by molar-refractivity contribution is 5.91. The maximum atomic E-state index is 12.6. The van der Waals surface area contributed by atoms with Crippen LogP contribution in [-0.4, -0.2) is 46.7 Å². The van der Waals surface area contributed by atoms with E-state index in [-0.39, 0.29) is 12.5 Å². The minimum atomic E-state index is -0.112. The van der Waals surface area contributed by atoms with E-state index in [1.54, 1.807) is 6.20 Å². The van der Waals surface area contributed by atoms with Crippen molar-refractivity contribution in [1.82, 2.24) is 14.5 Å². The van der Waals surface area contributed by atoms with Crippen molar-refractivity contribution in [3.8, 4) is 0 Å². The molecule has 0 spiro atoms. The molecule has 0 radical (unpaired) electrons. The summed E-state index contributed by atoms with van der Waals surface area (Å²) in [5.74, 6) is 1.35. The zero-order valence-electron chi connectivity index (χ0n) is 15.4. The lowest BCUT2D eigenvalue weighted by molar-refractivity contribution is -0.116. The molecule has 1 N–H and O–H groups in total. The van der Waals surface area contributed by atoms with Gasteiger partial charge in [-0.2, -0.15) is 0 Å². The molecule has 0 saturated carbocycles. The second-order valence-electron chi connectivity index (χ2n) is 6.51. The summed E-state index contributed by atoms with van der Waals surface area (Å²) in [6, 6.07) is 11.7. The van der Waals surface area contributed by atoms with Crippen LogP contribution in [0.3, 0.4) is 0 Å². The van der Waals surface area contributed by atoms with E-state index in [0.29, 0.717) is 5.82 Å². The van der Waals surface area contributed by atoms with Crippen molar-refractivity contribution in [3.63, 3.8) is 0 Å². The number of morpholine rings is 1. The fourth-order valence-corrected chi connectivity index (χ4v) is 3.37. The smallest absolute Gasteiger partial charge is 0.245 e. The van der Waals surface area contributed by atoms with Crippen LogP contribution >= 0.6 is 0 Å². The number of hydrogen-bond acceptors (Lipinski definition) is 5. The number of benzene rings is 1. The van der Waals surface area contributed by atoms with E-state index in [9.17, 15) is 4.79 Å². The lowest BCUT2D eigenvalue weighted by Gasteiger charge is -2.28. The van der Waals surface area contributed by atoms with Crippen LogP contribution in [0.4, 0.5) is 11.5 Å². The molecule has 140 valence electrons. The molecular weight excluding hydrogens is 342 g/mol. The minimum absolute atomic E-state index is 0.112. The van der Waals surface area contributed by atoms with Gasteiger partial charge in [-0.1, -0.05) is 19.1 Å². The number of ether oxygens (including phenoxy) is 1. The molecule has 1 aliphatic rings. The number of rotatable bonds is 5. The maximum Gasteiger partial charge on any atom is 0.245 e. The number of amides is 1. The van der Waals surface area contributed by atoms with Gasteiger partial charge in [-0.05, 0) is 24.3 Å². The Morgan fingerprint density at radius 1 is 1.19 bits per heavy atom. The monoisotopic (exact) mass is 365 g/mol. The van der Waals surface area contributed by atoms with Crippen LogP contribution in [0.5, 0.6) is 0 Å². The highest BCUT2D eigenvalue weighted by Gasteiger charge is 2.14. The zero-order chi connectivity index (χ0) is 18.6. The van der Waals surface area contributed by atoms with Crippen molar-refractivity contribution >= 4 is 28.4 Å². The van der Waals surface area contributed by atoms with Gasteiger partial charge in [0.1, 0.15) is 18.2 Å². The number of nitrogens with one attached hydrogen (secondary N) is 1. The Morgan fingerprint density at radius 2 is 2.00 bits per heavy atom. The average Bonchev–Trinajstić information content (AvgIpc) is 3.07. The van der Waals surface area contributed by atoms with E-state index >= 15 is 0 Å². The number of imidazole rings is 1. The fraction of sp³-hybridized carbons (Fsp3) is 0.350. The summed E-state index contributed by atoms with van der Waals surface area (Å²) in [4.78, 5) is 23.8. The van der Waals surface area contributed by atoms with Gasteiger partial charge in [0.15, 0.2) is 0 Å². The number of aryl methyl sites for hydroxylation is 1. The third kappa shape index (κ3) is 3.78. The SMILES string of the molecule is CCc1nc2ccccc2n1CC(=O)Nc1ccc(N2CCOCC2)cn1. The third-order valence-electron chi connectivity index (χ3n) is 4.74. The summed E-state index contributed by atoms with van der Waals surface area (Å²) in [7, 11) is 0. The molecular formula is C20H23N5O2. The topological polar surface area (TPSA) is 72.3 Å². The van der Waals surface area contributed by atoms with Gasteiger partial charge in [0.05, 0.1) is 36.1 Å². The van der Waals surface area contributed by atoms with Gasteiger partial charge in [-0.15, -0.1) is 0 Å². The molecule has 1 fully saturated rings. The van der Waals surface area contributed by atoms with Crippen LogP contribution in [0.15, 0.2) is 42.6 Å². The lowest BCUT2D eigenvalue weighted by Crippen LogP contribution is -2.36. The van der Waals surface area contributed by atoms with Crippen molar-refractivity contribution in [2.45, 2.75) is 19.9 Å². The Morgan fingerprint density at radius 3 is 2.74 bits per heavy atom. The standard InChI is InChI=1S/C20H23N5O2/c1-2-19-22-16-5-3-4-6-17(16)25(19)14-20(26)23-18-8-7-15(13-21-18)24-9-11-27-12-10-24/h3-8,13H,2,9-12,14H2,1H3,(H,21,23,26). The zero-order valence-corrected chi connectivity index (χ0v) is 15.4. The third-order valence-corrected chi connectivity index (χ3v) is 4.74. The molecule has 7 heteroatoms. The quantitative estimate of drug-likeness (QED) is 0.752. The first-order valence-corrected chi connectivity index (χ1v) is 9.27. The van der Waals surface area contributed by atoms with Crippen LogP contribution in [0.25, 0.3) is 11.0 Å². The summed E-state index contributed by atoms with van der Waals surface area (Å²) >= 11 is 0. The molecule has 3 heterocycles. The van der Waals surface area contributed by atoms with E-state index in [1.165, 1.54) is 0 Å². The van der Waals surface area contributed by atoms with Crippen LogP contribution in [0.1, 0.15) is 12.7 Å². The first kappa shape index (κ1) is 17.5. The second kappa shape index (κ2) is 7.75. The van der Waals surface area contributed by atoms with E-state index in [0.717, 1.165) is 55.3 Å². The highest BCUT2D eigenvalue weighted by Crippen LogP contribution is 2.18. The summed E-state index contributed by atoms with van der Waals surface area (Å²) in [5.41, 5.74) is 2.93. The van der Waals surface area contributed by atoms with Gasteiger partial charge in [-0.3, -0.25) is 4.79 Å². The van der Waals surface area contributed by atoms with Gasteiger partial charge < -0.3 is 19.5 Å². The first-order valence-electron chi connectivity index (χ1n) is 9.27. The van der Waals surface area contributed by atoms with E-state index in [1.807, 2.05) is 47.9 Å². The fourth-order valence-electron chi connectivity index (χ4n) is 3.37. The molecule has 3 aromatic rings. The molecule has 0 bridgehead atoms. The van der Waals surface area contributed by atoms with Crippen molar-refractivity contribution in [2.75, 3.05) is 36.5 Å². The number of anilines is 2. The summed E-state index contributed by atoms with van der Waals surface area (Å²) < 4.78 is 7.34. The molecule has 2 aromatic heterocycles. The molecule has 1 amide bonds. The van der Waals surface area contributed by atoms with Gasteiger partial charge in [0, 0.05) is 19.5 Å². The van der Waals surface area contributed by atoms with Gasteiger partial charge in [0.25, 0.3) is 0 Å². The largest absolute Gasteiger partial charge is 0.378 e. The Bertz CT molecular complexity index is 929. The Balaban J connectivity index is 1.45. The maximum absolute atomic E-state index is 12.6. The number of carbonyl (C=O) groups excluding carboxylic acids is 1. The number of para-hydroxylation sites is 2. The van der Waals surface area contributed by atoms with Crippen molar-refractivity contribution in [3.05, 3.63) is 48.4 Å². The highest BCUT2D eigenvalue weighted by atomic mass is 16.5. The molecule has 1 aliphatic heterocycles. The predicted molar refractivity (Wildman–Crippen MR) is 105 cm³/mol. The van der Waals surface area contributed by atoms with Gasteiger partial charge in [-0.25, -0.2) is 9.97 Å². The van der Waals surface area contributed by atoms with Crippen molar-refractivity contribution in [1.29, 1.82) is 0 Å². The average molecular weight is 365 g/mol. The first-order chi connectivity index (χ1) is 13.2. The molecule has 0 unspecified atom stereocenters. The number of hydrogen-bond donors (Lipinski definition) is 1. The number of nitrogens with zero attached hydrogens (tertiary/aromatic N) is 4. The van der Waals surface area contributed by atoms with Crippen LogP contribution < -0.4 is 10.2 Å². The molecule has 1 saturated heterocycles. The predicted octanol–water partition coefficient (Wildman–Crippen LogP) is 2.47. The van der Waals surface area contributed by atoms with Gasteiger partial charge in [0.2, 0.25) is 5.91 Å². The summed E-state index contributed by atoms with van der Waals surface area (Å²) in [6.07, 6.45) is 2.57. The van der Waals surface area contributed by atoms with E-state index in [4.69, 9.17) is 4.74 Å². The van der Waals surface area contributed by atoms with E-state index in [2.05, 4.69) is 20.2 Å². The molecule has 7 nitrogen and oxygen atoms in total. The molecule has 0 atom stereocenters. The molecule has 4 rings (SSSR count). The van der Waals surface area contributed by atoms with Crippen molar-refractivity contribution < 1.29 is 9.53 Å². The number of aromatic nitrogens is 3. The Hall–Kier alpha value is -2.93. The number of fused-ring (bicyclic) bond motifs is 1. The summed E-state index contributed by atoms with van der Waals surface area (Å²) in [5, 5.41) is 2.88. The van der Waals surface area contributed by atoms with Crippen molar-refractivity contribution in [2.24, 2.45) is 0 Å². The van der Waals surface area contributed by atoms with Crippen LogP contribution in [0, 0.1) is 0 Å². The lowest BCUT2D eigenvalue weighted by atomic mass is 10.3. The Kier molecular flexibility index (Phi) is 5.02. The molecule has 27 heavy (non-hydrogen) atoms. The number of pyridine rings is 1. The molecule has 0 aliphatic carbocycles. The second-order valence-corrected chi connectivity index (χ2v) is 6.51.